The van der Waals surface area contributed by atoms with Gasteiger partial charge in [-0.15, -0.1) is 5.10 Å². The normalized spacial score (nSPS) is 12.2. The van der Waals surface area contributed by atoms with E-state index in [1.54, 1.807) is 10.9 Å². The van der Waals surface area contributed by atoms with Gasteiger partial charge >= 0.3 is 0 Å². The van der Waals surface area contributed by atoms with Gasteiger partial charge in [0, 0.05) is 11.5 Å². The number of carbonyl (C=O) groups is 1. The fourth-order valence-corrected chi connectivity index (χ4v) is 3.15. The Morgan fingerprint density at radius 1 is 1.40 bits per heavy atom. The van der Waals surface area contributed by atoms with E-state index in [1.165, 1.54) is 0 Å². The van der Waals surface area contributed by atoms with Crippen LogP contribution in [0.5, 0.6) is 0 Å². The van der Waals surface area contributed by atoms with Crippen molar-refractivity contribution in [3.63, 3.8) is 0 Å². The Morgan fingerprint density at radius 3 is 2.60 bits per heavy atom. The Balaban J connectivity index is 2.54. The molecule has 0 amide bonds. The first-order valence-electron chi connectivity index (χ1n) is 6.34. The molecule has 0 aliphatic carbocycles. The van der Waals surface area contributed by atoms with Crippen molar-refractivity contribution in [1.29, 1.82) is 0 Å². The predicted molar refractivity (Wildman–Crippen MR) is 82.4 cm³/mol. The SMILES string of the molecule is CC(C)n1ncc(Br)c1C(=O)c1snnc1C(C)(C)C. The summed E-state index contributed by atoms with van der Waals surface area (Å²) in [6.07, 6.45) is 1.65. The topological polar surface area (TPSA) is 60.7 Å². The fourth-order valence-electron chi connectivity index (χ4n) is 1.88. The van der Waals surface area contributed by atoms with Crippen molar-refractivity contribution in [2.75, 3.05) is 0 Å². The minimum Gasteiger partial charge on any atom is -0.286 e. The molecule has 0 radical (unpaired) electrons. The van der Waals surface area contributed by atoms with Crippen LogP contribution in [0.2, 0.25) is 0 Å². The molecule has 0 atom stereocenters. The van der Waals surface area contributed by atoms with E-state index in [9.17, 15) is 4.79 Å². The quantitative estimate of drug-likeness (QED) is 0.788. The van der Waals surface area contributed by atoms with E-state index >= 15 is 0 Å². The summed E-state index contributed by atoms with van der Waals surface area (Å²) in [7, 11) is 0. The molecule has 0 aromatic carbocycles. The van der Waals surface area contributed by atoms with E-state index in [1.807, 2.05) is 34.6 Å². The first-order chi connectivity index (χ1) is 9.23. The highest BCUT2D eigenvalue weighted by Gasteiger charge is 2.30. The van der Waals surface area contributed by atoms with Crippen molar-refractivity contribution < 1.29 is 4.79 Å². The van der Waals surface area contributed by atoms with Crippen LogP contribution in [0.15, 0.2) is 10.7 Å². The molecule has 0 fully saturated rings. The lowest BCUT2D eigenvalue weighted by atomic mass is 9.90. The van der Waals surface area contributed by atoms with Crippen molar-refractivity contribution >= 4 is 33.2 Å². The zero-order chi connectivity index (χ0) is 15.1. The maximum atomic E-state index is 12.8. The Morgan fingerprint density at radius 2 is 2.05 bits per heavy atom. The zero-order valence-electron chi connectivity index (χ0n) is 12.1. The fraction of sp³-hybridized carbons (Fsp3) is 0.538. The van der Waals surface area contributed by atoms with Crippen LogP contribution < -0.4 is 0 Å². The largest absolute Gasteiger partial charge is 0.286 e. The highest BCUT2D eigenvalue weighted by atomic mass is 79.9. The lowest BCUT2D eigenvalue weighted by Gasteiger charge is -2.16. The van der Waals surface area contributed by atoms with Crippen LogP contribution in [-0.2, 0) is 5.41 Å². The lowest BCUT2D eigenvalue weighted by molar-refractivity contribution is 0.102. The molecular formula is C13H17BrN4OS. The van der Waals surface area contributed by atoms with Crippen molar-refractivity contribution in [2.45, 2.75) is 46.1 Å². The average Bonchev–Trinajstić information content (AvgIpc) is 2.92. The Kier molecular flexibility index (Phi) is 4.11. The standard InChI is InChI=1S/C13H17BrN4OS/c1-7(2)18-9(8(14)6-15-18)10(19)11-12(13(3,4)5)16-17-20-11/h6-7H,1-5H3. The number of nitrogens with zero attached hydrogens (tertiary/aromatic N) is 4. The smallest absolute Gasteiger partial charge is 0.225 e. The lowest BCUT2D eigenvalue weighted by Crippen LogP contribution is -2.19. The molecule has 0 bridgehead atoms. The Labute approximate surface area is 130 Å². The van der Waals surface area contributed by atoms with Crippen molar-refractivity contribution in [3.05, 3.63) is 26.9 Å². The van der Waals surface area contributed by atoms with Crippen LogP contribution in [0.1, 0.15) is 61.7 Å². The van der Waals surface area contributed by atoms with Crippen molar-refractivity contribution in [3.8, 4) is 0 Å². The van der Waals surface area contributed by atoms with Crippen molar-refractivity contribution in [2.24, 2.45) is 0 Å². The third kappa shape index (κ3) is 2.69. The van der Waals surface area contributed by atoms with Gasteiger partial charge in [0.15, 0.2) is 0 Å². The van der Waals surface area contributed by atoms with Gasteiger partial charge in [-0.25, -0.2) is 0 Å². The summed E-state index contributed by atoms with van der Waals surface area (Å²) in [4.78, 5) is 13.4. The van der Waals surface area contributed by atoms with Gasteiger partial charge in [-0.05, 0) is 41.3 Å². The Hall–Kier alpha value is -1.08. The van der Waals surface area contributed by atoms with E-state index in [0.717, 1.165) is 17.2 Å². The molecule has 0 saturated carbocycles. The monoisotopic (exact) mass is 356 g/mol. The molecule has 0 aliphatic rings. The van der Waals surface area contributed by atoms with Crippen LogP contribution in [-0.4, -0.2) is 25.2 Å². The molecule has 7 heteroatoms. The van der Waals surface area contributed by atoms with Crippen LogP contribution in [0.3, 0.4) is 0 Å². The third-order valence-electron chi connectivity index (χ3n) is 2.86. The second-order valence-corrected chi connectivity index (χ2v) is 7.52. The van der Waals surface area contributed by atoms with Gasteiger partial charge < -0.3 is 0 Å². The van der Waals surface area contributed by atoms with Gasteiger partial charge in [-0.3, -0.25) is 9.48 Å². The Bertz CT molecular complexity index is 639. The van der Waals surface area contributed by atoms with Gasteiger partial charge in [0.05, 0.1) is 16.4 Å². The second kappa shape index (κ2) is 5.37. The van der Waals surface area contributed by atoms with E-state index in [2.05, 4.69) is 30.6 Å². The van der Waals surface area contributed by atoms with E-state index in [0.29, 0.717) is 15.0 Å². The number of ketones is 1. The summed E-state index contributed by atoms with van der Waals surface area (Å²) in [6, 6.07) is 0.110. The van der Waals surface area contributed by atoms with Gasteiger partial charge in [-0.1, -0.05) is 25.3 Å². The summed E-state index contributed by atoms with van der Waals surface area (Å²) < 4.78 is 6.37. The van der Waals surface area contributed by atoms with Gasteiger partial charge in [-0.2, -0.15) is 5.10 Å². The second-order valence-electron chi connectivity index (χ2n) is 5.91. The summed E-state index contributed by atoms with van der Waals surface area (Å²) in [6.45, 7) is 10.1. The maximum Gasteiger partial charge on any atom is 0.225 e. The van der Waals surface area contributed by atoms with E-state index < -0.39 is 0 Å². The molecule has 0 aliphatic heterocycles. The number of halogens is 1. The first-order valence-corrected chi connectivity index (χ1v) is 7.90. The van der Waals surface area contributed by atoms with Crippen molar-refractivity contribution in [1.82, 2.24) is 19.4 Å². The van der Waals surface area contributed by atoms with Gasteiger partial charge in [0.2, 0.25) is 5.78 Å². The molecular weight excluding hydrogens is 340 g/mol. The highest BCUT2D eigenvalue weighted by Crippen LogP contribution is 2.30. The summed E-state index contributed by atoms with van der Waals surface area (Å²) in [5.74, 6) is -0.0806. The van der Waals surface area contributed by atoms with Gasteiger partial charge in [0.1, 0.15) is 10.6 Å². The first kappa shape index (κ1) is 15.3. The molecule has 0 saturated heterocycles. The molecule has 2 heterocycles. The molecule has 2 aromatic heterocycles. The summed E-state index contributed by atoms with van der Waals surface area (Å²) in [5.41, 5.74) is 1.07. The minimum atomic E-state index is -0.215. The number of rotatable bonds is 3. The predicted octanol–water partition coefficient (Wildman–Crippen LogP) is 3.61. The minimum absolute atomic E-state index is 0.0806. The van der Waals surface area contributed by atoms with E-state index in [-0.39, 0.29) is 17.2 Å². The zero-order valence-corrected chi connectivity index (χ0v) is 14.5. The maximum absolute atomic E-state index is 12.8. The third-order valence-corrected chi connectivity index (χ3v) is 4.16. The molecule has 0 spiro atoms. The van der Waals surface area contributed by atoms with Crippen LogP contribution in [0.4, 0.5) is 0 Å². The molecule has 2 rings (SSSR count). The number of carbonyl (C=O) groups excluding carboxylic acids is 1. The number of hydrogen-bond donors (Lipinski definition) is 0. The average molecular weight is 357 g/mol. The molecule has 20 heavy (non-hydrogen) atoms. The summed E-state index contributed by atoms with van der Waals surface area (Å²) in [5, 5.41) is 8.38. The number of aromatic nitrogens is 4. The van der Waals surface area contributed by atoms with Crippen LogP contribution in [0.25, 0.3) is 0 Å². The molecule has 0 unspecified atom stereocenters. The number of hydrogen-bond acceptors (Lipinski definition) is 5. The molecule has 2 aromatic rings. The summed E-state index contributed by atoms with van der Waals surface area (Å²) >= 11 is 4.55. The molecule has 108 valence electrons. The van der Waals surface area contributed by atoms with Crippen LogP contribution in [0, 0.1) is 0 Å². The highest BCUT2D eigenvalue weighted by molar-refractivity contribution is 9.10. The molecule has 5 nitrogen and oxygen atoms in total. The van der Waals surface area contributed by atoms with Gasteiger partial charge in [0.25, 0.3) is 0 Å². The van der Waals surface area contributed by atoms with E-state index in [4.69, 9.17) is 0 Å². The molecule has 0 N–H and O–H groups in total. The van der Waals surface area contributed by atoms with Crippen LogP contribution >= 0.6 is 27.5 Å².